The lowest BCUT2D eigenvalue weighted by atomic mass is 10.2. The average Bonchev–Trinajstić information content (AvgIpc) is 3.15. The van der Waals surface area contributed by atoms with Crippen LogP contribution >= 0.6 is 0 Å². The highest BCUT2D eigenvalue weighted by Gasteiger charge is 2.12. The van der Waals surface area contributed by atoms with E-state index in [-0.39, 0.29) is 0 Å². The quantitative estimate of drug-likeness (QED) is 0.875. The third-order valence-electron chi connectivity index (χ3n) is 4.12. The number of nitrogens with zero attached hydrogens (tertiary/aromatic N) is 1. The molecule has 1 fully saturated rings. The summed E-state index contributed by atoms with van der Waals surface area (Å²) in [6.07, 6.45) is 4.09. The third-order valence-corrected chi connectivity index (χ3v) is 5.17. The zero-order valence-electron chi connectivity index (χ0n) is 13.6. The molecule has 0 amide bonds. The standard InChI is InChI=1S/C19H22N2O2S/c22-24(23,15-12-17-6-2-1-3-7-17)20-16-18-8-10-19(11-9-18)21-13-4-5-14-21/h1-3,6-12,15,20H,4-5,13-14,16H2. The summed E-state index contributed by atoms with van der Waals surface area (Å²) < 4.78 is 26.7. The second-order valence-corrected chi connectivity index (χ2v) is 7.59. The molecule has 2 aromatic rings. The minimum Gasteiger partial charge on any atom is -0.372 e. The molecule has 24 heavy (non-hydrogen) atoms. The van der Waals surface area contributed by atoms with Gasteiger partial charge in [-0.15, -0.1) is 0 Å². The Morgan fingerprint density at radius 3 is 2.29 bits per heavy atom. The lowest BCUT2D eigenvalue weighted by molar-refractivity contribution is 0.591. The van der Waals surface area contributed by atoms with Crippen molar-refractivity contribution in [2.24, 2.45) is 0 Å². The van der Waals surface area contributed by atoms with Crippen molar-refractivity contribution in [1.29, 1.82) is 0 Å². The van der Waals surface area contributed by atoms with Crippen molar-refractivity contribution in [3.05, 3.63) is 71.1 Å². The van der Waals surface area contributed by atoms with Crippen LogP contribution in [0, 0.1) is 0 Å². The minimum atomic E-state index is -3.44. The first-order chi connectivity index (χ1) is 11.6. The number of hydrogen-bond acceptors (Lipinski definition) is 3. The van der Waals surface area contributed by atoms with Gasteiger partial charge in [-0.3, -0.25) is 0 Å². The molecule has 2 aromatic carbocycles. The summed E-state index contributed by atoms with van der Waals surface area (Å²) in [5, 5.41) is 1.21. The summed E-state index contributed by atoms with van der Waals surface area (Å²) in [4.78, 5) is 2.36. The number of nitrogens with one attached hydrogen (secondary N) is 1. The van der Waals surface area contributed by atoms with E-state index in [9.17, 15) is 8.42 Å². The van der Waals surface area contributed by atoms with Crippen LogP contribution in [0.1, 0.15) is 24.0 Å². The summed E-state index contributed by atoms with van der Waals surface area (Å²) in [5.41, 5.74) is 3.02. The molecule has 5 heteroatoms. The maximum atomic E-state index is 12.0. The predicted molar refractivity (Wildman–Crippen MR) is 99.1 cm³/mol. The molecule has 0 bridgehead atoms. The Bertz CT molecular complexity index is 778. The van der Waals surface area contributed by atoms with Gasteiger partial charge in [0.25, 0.3) is 0 Å². The van der Waals surface area contributed by atoms with Crippen molar-refractivity contribution in [2.75, 3.05) is 18.0 Å². The molecule has 1 aliphatic rings. The van der Waals surface area contributed by atoms with Gasteiger partial charge in [-0.2, -0.15) is 0 Å². The molecule has 1 aliphatic heterocycles. The maximum Gasteiger partial charge on any atom is 0.234 e. The SMILES string of the molecule is O=S(=O)(C=Cc1ccccc1)NCc1ccc(N2CCCC2)cc1. The van der Waals surface area contributed by atoms with Crippen LogP contribution in [-0.4, -0.2) is 21.5 Å². The van der Waals surface area contributed by atoms with Gasteiger partial charge in [0, 0.05) is 30.7 Å². The summed E-state index contributed by atoms with van der Waals surface area (Å²) in [7, 11) is -3.44. The fourth-order valence-electron chi connectivity index (χ4n) is 2.76. The first kappa shape index (κ1) is 16.7. The van der Waals surface area contributed by atoms with Crippen molar-refractivity contribution >= 4 is 21.8 Å². The second kappa shape index (κ2) is 7.64. The van der Waals surface area contributed by atoms with Gasteiger partial charge >= 0.3 is 0 Å². The van der Waals surface area contributed by atoms with Gasteiger partial charge in [0.2, 0.25) is 10.0 Å². The molecular weight excluding hydrogens is 320 g/mol. The van der Waals surface area contributed by atoms with Crippen LogP contribution in [0.15, 0.2) is 60.0 Å². The number of benzene rings is 2. The van der Waals surface area contributed by atoms with Crippen molar-refractivity contribution in [3.8, 4) is 0 Å². The Hall–Kier alpha value is -2.11. The van der Waals surface area contributed by atoms with E-state index in [1.165, 1.54) is 23.9 Å². The molecule has 0 unspecified atom stereocenters. The lowest BCUT2D eigenvalue weighted by Crippen LogP contribution is -2.21. The molecule has 3 rings (SSSR count). The summed E-state index contributed by atoms with van der Waals surface area (Å²) >= 11 is 0. The maximum absolute atomic E-state index is 12.0. The van der Waals surface area contributed by atoms with Gasteiger partial charge in [0.05, 0.1) is 0 Å². The van der Waals surface area contributed by atoms with E-state index in [1.54, 1.807) is 6.08 Å². The van der Waals surface area contributed by atoms with E-state index in [2.05, 4.69) is 21.8 Å². The molecule has 0 aromatic heterocycles. The van der Waals surface area contributed by atoms with Crippen molar-refractivity contribution in [1.82, 2.24) is 4.72 Å². The van der Waals surface area contributed by atoms with Crippen molar-refractivity contribution < 1.29 is 8.42 Å². The van der Waals surface area contributed by atoms with E-state index in [1.807, 2.05) is 42.5 Å². The minimum absolute atomic E-state index is 0.293. The Labute approximate surface area is 143 Å². The van der Waals surface area contributed by atoms with Crippen LogP contribution in [0.3, 0.4) is 0 Å². The Kier molecular flexibility index (Phi) is 5.33. The molecular formula is C19H22N2O2S. The van der Waals surface area contributed by atoms with Crippen LogP contribution < -0.4 is 9.62 Å². The number of sulfonamides is 1. The van der Waals surface area contributed by atoms with Crippen LogP contribution in [0.5, 0.6) is 0 Å². The molecule has 0 aliphatic carbocycles. The van der Waals surface area contributed by atoms with Gasteiger partial charge in [0.15, 0.2) is 0 Å². The van der Waals surface area contributed by atoms with Crippen LogP contribution in [0.25, 0.3) is 6.08 Å². The molecule has 0 atom stereocenters. The highest BCUT2D eigenvalue weighted by atomic mass is 32.2. The first-order valence-corrected chi connectivity index (χ1v) is 9.74. The fraction of sp³-hybridized carbons (Fsp3) is 0.263. The highest BCUT2D eigenvalue weighted by Crippen LogP contribution is 2.20. The molecule has 1 heterocycles. The molecule has 0 saturated carbocycles. The van der Waals surface area contributed by atoms with Crippen LogP contribution in [-0.2, 0) is 16.6 Å². The largest absolute Gasteiger partial charge is 0.372 e. The normalized spacial score (nSPS) is 15.2. The van der Waals surface area contributed by atoms with Crippen molar-refractivity contribution in [2.45, 2.75) is 19.4 Å². The van der Waals surface area contributed by atoms with E-state index in [0.717, 1.165) is 24.2 Å². The second-order valence-electron chi connectivity index (χ2n) is 5.94. The molecule has 4 nitrogen and oxygen atoms in total. The smallest absolute Gasteiger partial charge is 0.234 e. The van der Waals surface area contributed by atoms with E-state index < -0.39 is 10.0 Å². The molecule has 1 N–H and O–H groups in total. The van der Waals surface area contributed by atoms with Crippen LogP contribution in [0.2, 0.25) is 0 Å². The zero-order valence-corrected chi connectivity index (χ0v) is 14.4. The summed E-state index contributed by atoms with van der Waals surface area (Å²) in [6, 6.07) is 17.5. The van der Waals surface area contributed by atoms with Gasteiger partial charge in [-0.05, 0) is 42.2 Å². The monoisotopic (exact) mass is 342 g/mol. The predicted octanol–water partition coefficient (Wildman–Crippen LogP) is 3.38. The number of anilines is 1. The molecule has 1 saturated heterocycles. The van der Waals surface area contributed by atoms with Gasteiger partial charge in [-0.1, -0.05) is 42.5 Å². The van der Waals surface area contributed by atoms with E-state index in [4.69, 9.17) is 0 Å². The van der Waals surface area contributed by atoms with Gasteiger partial charge in [-0.25, -0.2) is 13.1 Å². The highest BCUT2D eigenvalue weighted by molar-refractivity contribution is 7.92. The summed E-state index contributed by atoms with van der Waals surface area (Å²) in [5.74, 6) is 0. The zero-order chi connectivity index (χ0) is 16.8. The average molecular weight is 342 g/mol. The molecule has 0 radical (unpaired) electrons. The Morgan fingerprint density at radius 1 is 0.958 bits per heavy atom. The van der Waals surface area contributed by atoms with Gasteiger partial charge < -0.3 is 4.90 Å². The van der Waals surface area contributed by atoms with E-state index >= 15 is 0 Å². The lowest BCUT2D eigenvalue weighted by Gasteiger charge is -2.17. The number of rotatable bonds is 6. The van der Waals surface area contributed by atoms with E-state index in [0.29, 0.717) is 6.54 Å². The molecule has 0 spiro atoms. The summed E-state index contributed by atoms with van der Waals surface area (Å²) in [6.45, 7) is 2.51. The van der Waals surface area contributed by atoms with Crippen molar-refractivity contribution in [3.63, 3.8) is 0 Å². The first-order valence-electron chi connectivity index (χ1n) is 8.19. The topological polar surface area (TPSA) is 49.4 Å². The van der Waals surface area contributed by atoms with Crippen LogP contribution in [0.4, 0.5) is 5.69 Å². The Morgan fingerprint density at radius 2 is 1.62 bits per heavy atom. The Balaban J connectivity index is 1.57. The van der Waals surface area contributed by atoms with Gasteiger partial charge in [0.1, 0.15) is 0 Å². The number of hydrogen-bond donors (Lipinski definition) is 1. The molecule has 126 valence electrons. The fourth-order valence-corrected chi connectivity index (χ4v) is 3.56. The third kappa shape index (κ3) is 4.69.